The van der Waals surface area contributed by atoms with Crippen molar-refractivity contribution in [2.45, 2.75) is 116 Å². The predicted octanol–water partition coefficient (Wildman–Crippen LogP) is 10.6. The number of esters is 2. The van der Waals surface area contributed by atoms with Crippen LogP contribution in [0.1, 0.15) is 137 Å². The van der Waals surface area contributed by atoms with Gasteiger partial charge in [-0.1, -0.05) is 126 Å². The predicted molar refractivity (Wildman–Crippen MR) is 172 cm³/mol. The third-order valence-electron chi connectivity index (χ3n) is 8.28. The SMILES string of the molecule is CCCCC(CCCC)(OC(=O)c1ccccc1C(=O)OC(CCCC)(CCCC)c1ccccc1)c1ccccc1. The molecule has 42 heavy (non-hydrogen) atoms. The van der Waals surface area contributed by atoms with Crippen LogP contribution in [0.3, 0.4) is 0 Å². The van der Waals surface area contributed by atoms with Crippen molar-refractivity contribution in [2.24, 2.45) is 0 Å². The zero-order valence-electron chi connectivity index (χ0n) is 26.2. The van der Waals surface area contributed by atoms with Gasteiger partial charge in [0.05, 0.1) is 11.1 Å². The molecule has 0 unspecified atom stereocenters. The molecule has 4 nitrogen and oxygen atoms in total. The molecule has 0 radical (unpaired) electrons. The van der Waals surface area contributed by atoms with Gasteiger partial charge in [0.1, 0.15) is 11.2 Å². The Morgan fingerprint density at radius 3 is 1.05 bits per heavy atom. The molecule has 0 saturated heterocycles. The third kappa shape index (κ3) is 8.56. The van der Waals surface area contributed by atoms with Crippen LogP contribution in [0.15, 0.2) is 84.9 Å². The van der Waals surface area contributed by atoms with Crippen molar-refractivity contribution in [2.75, 3.05) is 0 Å². The summed E-state index contributed by atoms with van der Waals surface area (Å²) < 4.78 is 13.0. The second kappa shape index (κ2) is 16.9. The van der Waals surface area contributed by atoms with Crippen LogP contribution >= 0.6 is 0 Å². The van der Waals surface area contributed by atoms with E-state index in [0.717, 1.165) is 88.2 Å². The number of carbonyl (C=O) groups excluding carboxylic acids is 2. The molecule has 0 bridgehead atoms. The van der Waals surface area contributed by atoms with E-state index in [1.165, 1.54) is 0 Å². The fraction of sp³-hybridized carbons (Fsp3) is 0.474. The van der Waals surface area contributed by atoms with Crippen LogP contribution in [0.5, 0.6) is 0 Å². The van der Waals surface area contributed by atoms with E-state index in [4.69, 9.17) is 9.47 Å². The molecule has 0 atom stereocenters. The van der Waals surface area contributed by atoms with E-state index in [1.807, 2.05) is 36.4 Å². The minimum absolute atomic E-state index is 0.253. The lowest BCUT2D eigenvalue weighted by Gasteiger charge is -2.35. The van der Waals surface area contributed by atoms with E-state index >= 15 is 0 Å². The first-order valence-electron chi connectivity index (χ1n) is 16.1. The summed E-state index contributed by atoms with van der Waals surface area (Å²) in [4.78, 5) is 28.1. The minimum atomic E-state index is -0.753. The quantitative estimate of drug-likeness (QED) is 0.143. The summed E-state index contributed by atoms with van der Waals surface area (Å²) in [5.74, 6) is -0.961. The average molecular weight is 571 g/mol. The zero-order chi connectivity index (χ0) is 30.3. The van der Waals surface area contributed by atoms with Gasteiger partial charge in [0.2, 0.25) is 0 Å². The molecule has 0 amide bonds. The maximum absolute atomic E-state index is 14.0. The van der Waals surface area contributed by atoms with Crippen molar-refractivity contribution >= 4 is 11.9 Å². The molecule has 4 heteroatoms. The summed E-state index contributed by atoms with van der Waals surface area (Å²) in [7, 11) is 0. The van der Waals surface area contributed by atoms with Crippen LogP contribution in [0, 0.1) is 0 Å². The number of hydrogen-bond donors (Lipinski definition) is 0. The van der Waals surface area contributed by atoms with Crippen LogP contribution in [-0.4, -0.2) is 11.9 Å². The van der Waals surface area contributed by atoms with Crippen LogP contribution in [-0.2, 0) is 20.7 Å². The highest BCUT2D eigenvalue weighted by molar-refractivity contribution is 6.03. The monoisotopic (exact) mass is 570 g/mol. The number of rotatable bonds is 18. The Labute approximate surface area is 253 Å². The number of ether oxygens (including phenoxy) is 2. The van der Waals surface area contributed by atoms with Crippen molar-refractivity contribution in [3.05, 3.63) is 107 Å². The second-order valence-corrected chi connectivity index (χ2v) is 11.5. The fourth-order valence-corrected chi connectivity index (χ4v) is 5.79. The summed E-state index contributed by atoms with van der Waals surface area (Å²) in [6.45, 7) is 8.61. The normalized spacial score (nSPS) is 11.7. The summed E-state index contributed by atoms with van der Waals surface area (Å²) in [6.07, 6.45) is 10.7. The van der Waals surface area contributed by atoms with Crippen molar-refractivity contribution in [1.29, 1.82) is 0 Å². The molecule has 0 N–H and O–H groups in total. The first-order valence-corrected chi connectivity index (χ1v) is 16.1. The Morgan fingerprint density at radius 2 is 0.762 bits per heavy atom. The molecule has 3 aromatic carbocycles. The Bertz CT molecular complexity index is 1110. The molecule has 0 fully saturated rings. The van der Waals surface area contributed by atoms with Gasteiger partial charge in [-0.05, 0) is 74.6 Å². The smallest absolute Gasteiger partial charge is 0.339 e. The molecule has 0 aromatic heterocycles. The van der Waals surface area contributed by atoms with Gasteiger partial charge in [0.15, 0.2) is 0 Å². The van der Waals surface area contributed by atoms with Gasteiger partial charge >= 0.3 is 11.9 Å². The van der Waals surface area contributed by atoms with Crippen molar-refractivity contribution in [3.8, 4) is 0 Å². The molecule has 0 aliphatic heterocycles. The minimum Gasteiger partial charge on any atom is -0.451 e. The molecule has 0 saturated carbocycles. The highest BCUT2D eigenvalue weighted by atomic mass is 16.6. The molecule has 0 aliphatic carbocycles. The van der Waals surface area contributed by atoms with Gasteiger partial charge in [0.25, 0.3) is 0 Å². The van der Waals surface area contributed by atoms with E-state index in [-0.39, 0.29) is 11.1 Å². The van der Waals surface area contributed by atoms with E-state index in [0.29, 0.717) is 0 Å². The molecule has 3 aromatic rings. The van der Waals surface area contributed by atoms with Crippen LogP contribution in [0.2, 0.25) is 0 Å². The Hall–Kier alpha value is -3.40. The Kier molecular flexibility index (Phi) is 13.3. The number of carbonyl (C=O) groups is 2. The Balaban J connectivity index is 2.00. The molecule has 0 spiro atoms. The number of benzene rings is 3. The summed E-state index contributed by atoms with van der Waals surface area (Å²) in [6, 6.07) is 27.1. The molecular weight excluding hydrogens is 520 g/mol. The number of hydrogen-bond acceptors (Lipinski definition) is 4. The van der Waals surface area contributed by atoms with Crippen molar-refractivity contribution in [1.82, 2.24) is 0 Å². The fourth-order valence-electron chi connectivity index (χ4n) is 5.79. The molecule has 0 heterocycles. The lowest BCUT2D eigenvalue weighted by atomic mass is 9.83. The lowest BCUT2D eigenvalue weighted by Crippen LogP contribution is -2.35. The van der Waals surface area contributed by atoms with E-state index < -0.39 is 23.1 Å². The first-order chi connectivity index (χ1) is 20.4. The van der Waals surface area contributed by atoms with Gasteiger partial charge < -0.3 is 9.47 Å². The van der Waals surface area contributed by atoms with Gasteiger partial charge in [-0.15, -0.1) is 0 Å². The number of unbranched alkanes of at least 4 members (excludes halogenated alkanes) is 4. The van der Waals surface area contributed by atoms with E-state index in [9.17, 15) is 9.59 Å². The summed E-state index contributed by atoms with van der Waals surface area (Å²) in [5.41, 5.74) is 1.01. The van der Waals surface area contributed by atoms with E-state index in [2.05, 4.69) is 52.0 Å². The van der Waals surface area contributed by atoms with Crippen LogP contribution in [0.25, 0.3) is 0 Å². The van der Waals surface area contributed by atoms with Crippen molar-refractivity contribution in [3.63, 3.8) is 0 Å². The van der Waals surface area contributed by atoms with E-state index in [1.54, 1.807) is 24.3 Å². The average Bonchev–Trinajstić information content (AvgIpc) is 3.04. The maximum atomic E-state index is 14.0. The Morgan fingerprint density at radius 1 is 0.476 bits per heavy atom. The summed E-state index contributed by atoms with van der Waals surface area (Å²) >= 11 is 0. The lowest BCUT2D eigenvalue weighted by molar-refractivity contribution is -0.0376. The maximum Gasteiger partial charge on any atom is 0.339 e. The van der Waals surface area contributed by atoms with Crippen molar-refractivity contribution < 1.29 is 19.1 Å². The van der Waals surface area contributed by atoms with Crippen LogP contribution < -0.4 is 0 Å². The topological polar surface area (TPSA) is 52.6 Å². The summed E-state index contributed by atoms with van der Waals surface area (Å²) in [5, 5.41) is 0. The zero-order valence-corrected chi connectivity index (χ0v) is 26.2. The van der Waals surface area contributed by atoms with Gasteiger partial charge in [-0.25, -0.2) is 9.59 Å². The molecule has 226 valence electrons. The standard InChI is InChI=1S/C38H50O4/c1-5-9-27-37(28-10-6-2,31-21-15-13-16-22-31)41-35(39)33-25-19-20-26-34(33)36(40)42-38(29-11-7-3,30-12-8-4)32-23-17-14-18-24-32/h13-26H,5-12,27-30H2,1-4H3. The van der Waals surface area contributed by atoms with Gasteiger partial charge in [0, 0.05) is 0 Å². The molecule has 3 rings (SSSR count). The first kappa shape index (κ1) is 33.1. The molecular formula is C38H50O4. The molecule has 0 aliphatic rings. The largest absolute Gasteiger partial charge is 0.451 e. The van der Waals surface area contributed by atoms with Crippen LogP contribution in [0.4, 0.5) is 0 Å². The highest BCUT2D eigenvalue weighted by Crippen LogP contribution is 2.40. The highest BCUT2D eigenvalue weighted by Gasteiger charge is 2.39. The second-order valence-electron chi connectivity index (χ2n) is 11.5. The third-order valence-corrected chi connectivity index (χ3v) is 8.28. The van der Waals surface area contributed by atoms with Gasteiger partial charge in [-0.3, -0.25) is 0 Å². The van der Waals surface area contributed by atoms with Gasteiger partial charge in [-0.2, -0.15) is 0 Å².